The van der Waals surface area contributed by atoms with Crippen molar-refractivity contribution in [2.24, 2.45) is 5.41 Å². The summed E-state index contributed by atoms with van der Waals surface area (Å²) in [5.41, 5.74) is 3.41. The van der Waals surface area contributed by atoms with E-state index in [-0.39, 0.29) is 17.2 Å². The fraction of sp³-hybridized carbons (Fsp3) is 0.304. The number of ketones is 1. The first-order valence-electron chi connectivity index (χ1n) is 10.2. The van der Waals surface area contributed by atoms with Crippen molar-refractivity contribution >= 4 is 23.3 Å². The van der Waals surface area contributed by atoms with Crippen molar-refractivity contribution in [3.8, 4) is 5.75 Å². The molecule has 2 aliphatic rings. The van der Waals surface area contributed by atoms with Crippen LogP contribution in [0.15, 0.2) is 59.8 Å². The van der Waals surface area contributed by atoms with Gasteiger partial charge in [0.15, 0.2) is 5.78 Å². The van der Waals surface area contributed by atoms with E-state index in [2.05, 4.69) is 34.7 Å². The Kier molecular flexibility index (Phi) is 4.78. The maximum Gasteiger partial charge on any atom is 0.248 e. The molecule has 31 heavy (non-hydrogen) atoms. The molecule has 0 spiro atoms. The molecule has 2 aromatic carbocycles. The number of hydrogen-bond donors (Lipinski definition) is 1. The summed E-state index contributed by atoms with van der Waals surface area (Å²) >= 11 is 6.21. The second-order valence-electron chi connectivity index (χ2n) is 8.76. The van der Waals surface area contributed by atoms with Gasteiger partial charge in [-0.3, -0.25) is 4.79 Å². The number of aromatic nitrogens is 4. The van der Waals surface area contributed by atoms with Gasteiger partial charge in [0.25, 0.3) is 0 Å². The highest BCUT2D eigenvalue weighted by Gasteiger charge is 2.41. The molecule has 0 bridgehead atoms. The van der Waals surface area contributed by atoms with Crippen molar-refractivity contribution in [1.82, 2.24) is 20.2 Å². The molecule has 0 saturated heterocycles. The van der Waals surface area contributed by atoms with Crippen LogP contribution in [0.25, 0.3) is 0 Å². The minimum absolute atomic E-state index is 0.0977. The topological polar surface area (TPSA) is 81.9 Å². The van der Waals surface area contributed by atoms with Gasteiger partial charge in [-0.15, -0.1) is 0 Å². The quantitative estimate of drug-likeness (QED) is 0.646. The molecule has 3 aromatic rings. The number of hydrogen-bond acceptors (Lipinski definition) is 6. The van der Waals surface area contributed by atoms with Crippen molar-refractivity contribution in [2.45, 2.75) is 39.3 Å². The number of Topliss-reactive ketones (excluding diaryl/α,β-unsaturated/α-hetero) is 1. The lowest BCUT2D eigenvalue weighted by molar-refractivity contribution is -0.118. The van der Waals surface area contributed by atoms with Crippen molar-refractivity contribution in [1.29, 1.82) is 0 Å². The molecule has 7 nitrogen and oxygen atoms in total. The third kappa shape index (κ3) is 3.70. The van der Waals surface area contributed by atoms with Crippen LogP contribution in [0.1, 0.15) is 43.9 Å². The largest absolute Gasteiger partial charge is 0.489 e. The molecule has 0 saturated carbocycles. The summed E-state index contributed by atoms with van der Waals surface area (Å²) in [6.07, 6.45) is 1.27. The van der Waals surface area contributed by atoms with Crippen LogP contribution in [0.5, 0.6) is 5.75 Å². The molecule has 8 heteroatoms. The van der Waals surface area contributed by atoms with Gasteiger partial charge in [0.2, 0.25) is 5.95 Å². The Bertz CT molecular complexity index is 1180. The number of rotatable bonds is 4. The minimum atomic E-state index is -0.359. The Hall–Kier alpha value is -3.19. The maximum absolute atomic E-state index is 13.1. The van der Waals surface area contributed by atoms with Crippen LogP contribution in [0.2, 0.25) is 5.02 Å². The molecule has 1 N–H and O–H groups in total. The highest BCUT2D eigenvalue weighted by molar-refractivity contribution is 6.31. The molecule has 0 amide bonds. The minimum Gasteiger partial charge on any atom is -0.489 e. The highest BCUT2D eigenvalue weighted by Crippen LogP contribution is 2.45. The molecule has 2 heterocycles. The predicted octanol–water partition coefficient (Wildman–Crippen LogP) is 4.56. The Morgan fingerprint density at radius 1 is 1.16 bits per heavy atom. The monoisotopic (exact) mass is 435 g/mol. The summed E-state index contributed by atoms with van der Waals surface area (Å²) in [5, 5.41) is 16.0. The van der Waals surface area contributed by atoms with Crippen LogP contribution in [0.4, 0.5) is 5.95 Å². The predicted molar refractivity (Wildman–Crippen MR) is 117 cm³/mol. The molecule has 1 aromatic heterocycles. The number of ether oxygens (including phenoxy) is 1. The summed E-state index contributed by atoms with van der Waals surface area (Å²) in [5.74, 6) is 1.40. The molecule has 1 aliphatic carbocycles. The van der Waals surface area contributed by atoms with Crippen LogP contribution in [-0.4, -0.2) is 26.0 Å². The Labute approximate surface area is 185 Å². The first kappa shape index (κ1) is 19.8. The second kappa shape index (κ2) is 7.50. The third-order valence-electron chi connectivity index (χ3n) is 5.74. The Morgan fingerprint density at radius 3 is 2.71 bits per heavy atom. The van der Waals surface area contributed by atoms with Gasteiger partial charge < -0.3 is 10.1 Å². The average Bonchev–Trinajstić information content (AvgIpc) is 3.19. The van der Waals surface area contributed by atoms with E-state index >= 15 is 0 Å². The van der Waals surface area contributed by atoms with Crippen LogP contribution in [0, 0.1) is 5.41 Å². The summed E-state index contributed by atoms with van der Waals surface area (Å²) in [6, 6.07) is 15.0. The van der Waals surface area contributed by atoms with E-state index in [0.717, 1.165) is 34.6 Å². The summed E-state index contributed by atoms with van der Waals surface area (Å²) in [6.45, 7) is 4.59. The normalized spacial score (nSPS) is 19.5. The molecule has 1 aliphatic heterocycles. The Balaban J connectivity index is 1.44. The molecule has 0 fully saturated rings. The SMILES string of the molecule is CC1(C)CC(=O)C2=C(C1)Nc1nnnn1C2c1ccc(OCc2ccccc2Cl)cc1. The second-order valence-corrected chi connectivity index (χ2v) is 9.16. The molecule has 158 valence electrons. The van der Waals surface area contributed by atoms with E-state index in [9.17, 15) is 4.79 Å². The number of benzene rings is 2. The number of allylic oxidation sites excluding steroid dienone is 2. The fourth-order valence-electron chi connectivity index (χ4n) is 4.30. The van der Waals surface area contributed by atoms with Gasteiger partial charge in [-0.1, -0.05) is 60.9 Å². The van der Waals surface area contributed by atoms with Crippen LogP contribution >= 0.6 is 11.6 Å². The van der Waals surface area contributed by atoms with Gasteiger partial charge >= 0.3 is 0 Å². The van der Waals surface area contributed by atoms with Crippen LogP contribution in [0.3, 0.4) is 0 Å². The van der Waals surface area contributed by atoms with Crippen molar-refractivity contribution in [3.05, 3.63) is 76.0 Å². The first-order chi connectivity index (χ1) is 14.9. The van der Waals surface area contributed by atoms with E-state index < -0.39 is 0 Å². The summed E-state index contributed by atoms with van der Waals surface area (Å²) in [7, 11) is 0. The summed E-state index contributed by atoms with van der Waals surface area (Å²) in [4.78, 5) is 13.1. The number of carbonyl (C=O) groups is 1. The Morgan fingerprint density at radius 2 is 1.94 bits per heavy atom. The van der Waals surface area contributed by atoms with Gasteiger partial charge in [0.05, 0.1) is 0 Å². The number of anilines is 1. The molecular formula is C23H22ClN5O2. The zero-order chi connectivity index (χ0) is 21.6. The van der Waals surface area contributed by atoms with Gasteiger partial charge in [-0.2, -0.15) is 4.68 Å². The van der Waals surface area contributed by atoms with E-state index in [1.54, 1.807) is 4.68 Å². The molecule has 5 rings (SSSR count). The number of halogens is 1. The number of nitrogens with one attached hydrogen (secondary N) is 1. The lowest BCUT2D eigenvalue weighted by atomic mass is 9.73. The average molecular weight is 436 g/mol. The third-order valence-corrected chi connectivity index (χ3v) is 6.11. The number of carbonyl (C=O) groups excluding carboxylic acids is 1. The van der Waals surface area contributed by atoms with E-state index in [1.807, 2.05) is 48.5 Å². The van der Waals surface area contributed by atoms with Gasteiger partial charge in [-0.25, -0.2) is 0 Å². The molecule has 0 radical (unpaired) electrons. The number of tetrazole rings is 1. The van der Waals surface area contributed by atoms with Crippen molar-refractivity contribution < 1.29 is 9.53 Å². The number of fused-ring (bicyclic) bond motifs is 1. The van der Waals surface area contributed by atoms with E-state index in [4.69, 9.17) is 16.3 Å². The highest BCUT2D eigenvalue weighted by atomic mass is 35.5. The molecule has 1 unspecified atom stereocenters. The first-order valence-corrected chi connectivity index (χ1v) is 10.6. The summed E-state index contributed by atoms with van der Waals surface area (Å²) < 4.78 is 7.58. The van der Waals surface area contributed by atoms with Gasteiger partial charge in [0, 0.05) is 28.3 Å². The lowest BCUT2D eigenvalue weighted by Crippen LogP contribution is -2.36. The zero-order valence-corrected chi connectivity index (χ0v) is 18.1. The molecular weight excluding hydrogens is 414 g/mol. The standard InChI is InChI=1S/C23H22ClN5O2/c1-23(2)11-18-20(19(30)12-23)21(29-22(25-18)26-27-28-29)14-7-9-16(10-8-14)31-13-15-5-3-4-6-17(15)24/h3-10,21H,11-13H2,1-2H3,(H,25,26,28). The van der Waals surface area contributed by atoms with E-state index in [1.165, 1.54) is 0 Å². The van der Waals surface area contributed by atoms with Crippen LogP contribution < -0.4 is 10.1 Å². The van der Waals surface area contributed by atoms with Gasteiger partial charge in [-0.05, 0) is 46.0 Å². The number of nitrogens with zero attached hydrogens (tertiary/aromatic N) is 4. The fourth-order valence-corrected chi connectivity index (χ4v) is 4.49. The molecule has 1 atom stereocenters. The smallest absolute Gasteiger partial charge is 0.248 e. The van der Waals surface area contributed by atoms with E-state index in [0.29, 0.717) is 24.0 Å². The van der Waals surface area contributed by atoms with Crippen molar-refractivity contribution in [3.63, 3.8) is 0 Å². The van der Waals surface area contributed by atoms with Crippen LogP contribution in [-0.2, 0) is 11.4 Å². The lowest BCUT2D eigenvalue weighted by Gasteiger charge is -2.37. The maximum atomic E-state index is 13.1. The van der Waals surface area contributed by atoms with Crippen molar-refractivity contribution in [2.75, 3.05) is 5.32 Å². The van der Waals surface area contributed by atoms with Gasteiger partial charge in [0.1, 0.15) is 18.4 Å². The zero-order valence-electron chi connectivity index (χ0n) is 17.3.